The van der Waals surface area contributed by atoms with Crippen LogP contribution in [0.5, 0.6) is 0 Å². The number of amides is 3. The maximum absolute atomic E-state index is 13.6. The summed E-state index contributed by atoms with van der Waals surface area (Å²) in [6.45, 7) is -0.192. The van der Waals surface area contributed by atoms with Crippen LogP contribution in [-0.2, 0) is 14.4 Å². The second-order valence-corrected chi connectivity index (χ2v) is 10.7. The number of Topliss-reactive ketones (excluding diaryl/α,β-unsaturated/α-hetero) is 1. The van der Waals surface area contributed by atoms with Gasteiger partial charge in [-0.25, -0.2) is 0 Å². The van der Waals surface area contributed by atoms with Crippen molar-refractivity contribution in [1.82, 2.24) is 20.5 Å². The van der Waals surface area contributed by atoms with Gasteiger partial charge in [0.25, 0.3) is 5.91 Å². The lowest BCUT2D eigenvalue weighted by molar-refractivity contribution is -0.137. The summed E-state index contributed by atoms with van der Waals surface area (Å²) in [5.74, 6) is -1.74. The Morgan fingerprint density at radius 1 is 1.24 bits per heavy atom. The van der Waals surface area contributed by atoms with E-state index in [2.05, 4.69) is 15.6 Å². The van der Waals surface area contributed by atoms with E-state index >= 15 is 0 Å². The standard InChI is InChI=1S/C23H27ClN4O5S/c24-14-10-34-18-8-16(26-19(14)18)23(33)28-13-3-1-11(2-4-13)20(28)22(32)27-15(17(30)9-29)7-12-5-6-25-21(12)31/h8,10-13,15,20,26,29H,1-7,9H2,(H,25,31)(H,27,32)/t11?,12-,13?,15-,20-/m0/s1. The zero-order valence-corrected chi connectivity index (χ0v) is 20.1. The summed E-state index contributed by atoms with van der Waals surface area (Å²) >= 11 is 7.65. The molecular weight excluding hydrogens is 480 g/mol. The number of ketones is 1. The van der Waals surface area contributed by atoms with E-state index in [0.717, 1.165) is 30.4 Å². The predicted molar refractivity (Wildman–Crippen MR) is 127 cm³/mol. The molecule has 4 fully saturated rings. The maximum Gasteiger partial charge on any atom is 0.271 e. The van der Waals surface area contributed by atoms with Crippen LogP contribution in [-0.4, -0.2) is 69.8 Å². The molecule has 0 aromatic carbocycles. The van der Waals surface area contributed by atoms with E-state index in [4.69, 9.17) is 11.6 Å². The normalized spacial score (nSPS) is 27.1. The van der Waals surface area contributed by atoms with Gasteiger partial charge in [-0.3, -0.25) is 19.2 Å². The second-order valence-electron chi connectivity index (χ2n) is 9.43. The van der Waals surface area contributed by atoms with Crippen molar-refractivity contribution in [2.24, 2.45) is 11.8 Å². The molecule has 182 valence electrons. The van der Waals surface area contributed by atoms with Crippen LogP contribution in [0.1, 0.15) is 49.0 Å². The van der Waals surface area contributed by atoms with Gasteiger partial charge in [0, 0.05) is 23.9 Å². The van der Waals surface area contributed by atoms with Crippen LogP contribution in [0.4, 0.5) is 0 Å². The summed E-state index contributed by atoms with van der Waals surface area (Å²) in [6.07, 6.45) is 4.05. The molecule has 3 atom stereocenters. The van der Waals surface area contributed by atoms with Crippen LogP contribution in [0.15, 0.2) is 11.4 Å². The van der Waals surface area contributed by atoms with Gasteiger partial charge in [0.05, 0.1) is 21.3 Å². The van der Waals surface area contributed by atoms with Gasteiger partial charge >= 0.3 is 0 Å². The van der Waals surface area contributed by atoms with E-state index in [0.29, 0.717) is 29.2 Å². The van der Waals surface area contributed by atoms with Crippen molar-refractivity contribution in [3.8, 4) is 0 Å². The molecule has 0 unspecified atom stereocenters. The van der Waals surface area contributed by atoms with Crippen molar-refractivity contribution in [2.75, 3.05) is 13.2 Å². The quantitative estimate of drug-likeness (QED) is 0.455. The van der Waals surface area contributed by atoms with Crippen molar-refractivity contribution in [3.05, 3.63) is 22.2 Å². The molecule has 1 saturated carbocycles. The molecule has 2 aromatic heterocycles. The molecule has 3 saturated heterocycles. The molecule has 6 rings (SSSR count). The van der Waals surface area contributed by atoms with Crippen LogP contribution in [0, 0.1) is 11.8 Å². The summed E-state index contributed by atoms with van der Waals surface area (Å²) in [4.78, 5) is 56.3. The number of fused-ring (bicyclic) bond motifs is 4. The van der Waals surface area contributed by atoms with Gasteiger partial charge in [-0.1, -0.05) is 11.6 Å². The number of halogens is 1. The van der Waals surface area contributed by atoms with E-state index in [9.17, 15) is 24.3 Å². The highest BCUT2D eigenvalue weighted by Crippen LogP contribution is 2.41. The molecule has 2 bridgehead atoms. The Morgan fingerprint density at radius 2 is 2.00 bits per heavy atom. The molecule has 3 aliphatic heterocycles. The molecular formula is C23H27ClN4O5S. The number of aliphatic hydroxyl groups is 1. The predicted octanol–water partition coefficient (Wildman–Crippen LogP) is 1.84. The highest BCUT2D eigenvalue weighted by molar-refractivity contribution is 7.17. The minimum absolute atomic E-state index is 0.00623. The summed E-state index contributed by atoms with van der Waals surface area (Å²) in [5.41, 5.74) is 1.10. The first-order valence-electron chi connectivity index (χ1n) is 11.7. The summed E-state index contributed by atoms with van der Waals surface area (Å²) in [5, 5.41) is 17.3. The number of nitrogens with zero attached hydrogens (tertiary/aromatic N) is 1. The number of hydrogen-bond donors (Lipinski definition) is 4. The number of thiophene rings is 1. The van der Waals surface area contributed by atoms with Gasteiger partial charge in [-0.15, -0.1) is 11.3 Å². The van der Waals surface area contributed by atoms with Gasteiger partial charge in [-0.05, 0) is 50.5 Å². The number of aromatic amines is 1. The molecule has 1 aliphatic carbocycles. The molecule has 4 N–H and O–H groups in total. The van der Waals surface area contributed by atoms with Crippen molar-refractivity contribution < 1.29 is 24.3 Å². The van der Waals surface area contributed by atoms with Gasteiger partial charge in [-0.2, -0.15) is 0 Å². The average Bonchev–Trinajstić information content (AvgIpc) is 3.55. The van der Waals surface area contributed by atoms with Crippen molar-refractivity contribution in [3.63, 3.8) is 0 Å². The van der Waals surface area contributed by atoms with E-state index < -0.39 is 36.3 Å². The SMILES string of the molecule is O=C1NCC[C@H]1C[C@H](NC(=O)[C@@H]1C2CCC(CC2)N1C(=O)c1cc2scc(Cl)c2[nH]1)C(=O)CO. The fraction of sp³-hybridized carbons (Fsp3) is 0.565. The molecule has 5 heterocycles. The Balaban J connectivity index is 1.38. The molecule has 11 heteroatoms. The van der Waals surface area contributed by atoms with Gasteiger partial charge < -0.3 is 25.6 Å². The third kappa shape index (κ3) is 4.12. The lowest BCUT2D eigenvalue weighted by Gasteiger charge is -2.50. The topological polar surface area (TPSA) is 132 Å². The Morgan fingerprint density at radius 3 is 2.65 bits per heavy atom. The van der Waals surface area contributed by atoms with Crippen molar-refractivity contribution in [1.29, 1.82) is 0 Å². The number of hydrogen-bond acceptors (Lipinski definition) is 6. The summed E-state index contributed by atoms with van der Waals surface area (Å²) < 4.78 is 0.875. The Bertz CT molecular complexity index is 1140. The third-order valence-electron chi connectivity index (χ3n) is 7.47. The number of rotatable bonds is 7. The highest BCUT2D eigenvalue weighted by Gasteiger charge is 2.48. The lowest BCUT2D eigenvalue weighted by atomic mass is 9.74. The second kappa shape index (κ2) is 9.31. The van der Waals surface area contributed by atoms with E-state index in [1.807, 2.05) is 0 Å². The van der Waals surface area contributed by atoms with Gasteiger partial charge in [0.1, 0.15) is 18.3 Å². The first-order chi connectivity index (χ1) is 16.4. The van der Waals surface area contributed by atoms with Crippen molar-refractivity contribution in [2.45, 2.75) is 56.7 Å². The number of nitrogens with one attached hydrogen (secondary N) is 3. The first kappa shape index (κ1) is 23.3. The molecule has 2 aromatic rings. The van der Waals surface area contributed by atoms with Crippen LogP contribution >= 0.6 is 22.9 Å². The summed E-state index contributed by atoms with van der Waals surface area (Å²) in [7, 11) is 0. The number of H-pyrrole nitrogens is 1. The monoisotopic (exact) mass is 506 g/mol. The van der Waals surface area contributed by atoms with E-state index in [1.54, 1.807) is 16.3 Å². The first-order valence-corrected chi connectivity index (χ1v) is 12.9. The summed E-state index contributed by atoms with van der Waals surface area (Å²) in [6, 6.07) is 0.0293. The fourth-order valence-corrected chi connectivity index (χ4v) is 6.86. The number of aliphatic hydroxyl groups excluding tert-OH is 1. The maximum atomic E-state index is 13.6. The molecule has 3 amide bonds. The Hall–Kier alpha value is -2.43. The molecule has 9 nitrogen and oxygen atoms in total. The van der Waals surface area contributed by atoms with E-state index in [1.165, 1.54) is 11.3 Å². The minimum Gasteiger partial charge on any atom is -0.389 e. The van der Waals surface area contributed by atoms with Gasteiger partial charge in [0.15, 0.2) is 5.78 Å². The lowest BCUT2D eigenvalue weighted by Crippen LogP contribution is -2.64. The van der Waals surface area contributed by atoms with Crippen LogP contribution in [0.2, 0.25) is 5.02 Å². The van der Waals surface area contributed by atoms with E-state index in [-0.39, 0.29) is 30.2 Å². The highest BCUT2D eigenvalue weighted by atomic mass is 35.5. The number of carbonyl (C=O) groups excluding carboxylic acids is 4. The van der Waals surface area contributed by atoms with Gasteiger partial charge in [0.2, 0.25) is 11.8 Å². The van der Waals surface area contributed by atoms with Crippen LogP contribution < -0.4 is 10.6 Å². The fourth-order valence-electron chi connectivity index (χ4n) is 5.71. The zero-order valence-electron chi connectivity index (χ0n) is 18.5. The largest absolute Gasteiger partial charge is 0.389 e. The van der Waals surface area contributed by atoms with Crippen molar-refractivity contribution >= 4 is 56.7 Å². The Labute approximate surface area is 205 Å². The van der Waals surface area contributed by atoms with Crippen LogP contribution in [0.25, 0.3) is 10.2 Å². The Kier molecular flexibility index (Phi) is 6.39. The molecule has 34 heavy (non-hydrogen) atoms. The zero-order chi connectivity index (χ0) is 24.0. The van der Waals surface area contributed by atoms with Crippen LogP contribution in [0.3, 0.4) is 0 Å². The molecule has 0 radical (unpaired) electrons. The minimum atomic E-state index is -0.974. The number of carbonyl (C=O) groups is 4. The molecule has 0 spiro atoms. The average molecular weight is 507 g/mol. The smallest absolute Gasteiger partial charge is 0.271 e. The molecule has 4 aliphatic rings. The number of piperidine rings is 2. The number of aromatic nitrogens is 1. The third-order valence-corrected chi connectivity index (χ3v) is 8.83.